The second kappa shape index (κ2) is 5.24. The molecule has 0 saturated carbocycles. The number of aromatic nitrogens is 3. The number of pyridine rings is 1. The molecular weight excluding hydrogens is 280 g/mol. The van der Waals surface area contributed by atoms with Crippen molar-refractivity contribution in [3.05, 3.63) is 41.3 Å². The van der Waals surface area contributed by atoms with Gasteiger partial charge in [0, 0.05) is 40.9 Å². The molecule has 0 saturated heterocycles. The first-order chi connectivity index (χ1) is 10.0. The highest BCUT2D eigenvalue weighted by Crippen LogP contribution is 2.33. The van der Waals surface area contributed by atoms with Crippen molar-refractivity contribution in [1.29, 1.82) is 0 Å². The van der Waals surface area contributed by atoms with Gasteiger partial charge in [0.15, 0.2) is 4.96 Å². The minimum absolute atomic E-state index is 0.0779. The van der Waals surface area contributed by atoms with Crippen LogP contribution in [0.4, 0.5) is 0 Å². The third kappa shape index (κ3) is 2.47. The van der Waals surface area contributed by atoms with Gasteiger partial charge < -0.3 is 5.73 Å². The molecule has 0 radical (unpaired) electrons. The molecule has 3 aromatic rings. The van der Waals surface area contributed by atoms with Crippen molar-refractivity contribution in [2.75, 3.05) is 6.54 Å². The average Bonchev–Trinajstić information content (AvgIpc) is 3.00. The van der Waals surface area contributed by atoms with Crippen molar-refractivity contribution in [3.63, 3.8) is 0 Å². The Morgan fingerprint density at radius 2 is 2.14 bits per heavy atom. The lowest BCUT2D eigenvalue weighted by atomic mass is 9.93. The van der Waals surface area contributed by atoms with Gasteiger partial charge in [-0.15, -0.1) is 11.3 Å². The second-order valence-corrected chi connectivity index (χ2v) is 7.01. The van der Waals surface area contributed by atoms with Crippen LogP contribution in [0, 0.1) is 0 Å². The molecular formula is C16H20N4S. The molecule has 110 valence electrons. The van der Waals surface area contributed by atoms with E-state index in [4.69, 9.17) is 10.7 Å². The van der Waals surface area contributed by atoms with Gasteiger partial charge in [-0.1, -0.05) is 20.8 Å². The monoisotopic (exact) mass is 300 g/mol. The van der Waals surface area contributed by atoms with Crippen molar-refractivity contribution < 1.29 is 0 Å². The molecule has 0 atom stereocenters. The van der Waals surface area contributed by atoms with Crippen LogP contribution in [-0.2, 0) is 11.8 Å². The van der Waals surface area contributed by atoms with Crippen molar-refractivity contribution in [2.45, 2.75) is 32.6 Å². The zero-order valence-corrected chi connectivity index (χ0v) is 13.4. The maximum Gasteiger partial charge on any atom is 0.194 e. The van der Waals surface area contributed by atoms with Crippen molar-refractivity contribution in [3.8, 4) is 11.3 Å². The third-order valence-corrected chi connectivity index (χ3v) is 4.37. The summed E-state index contributed by atoms with van der Waals surface area (Å²) in [4.78, 5) is 10.1. The molecule has 0 bridgehead atoms. The Kier molecular flexibility index (Phi) is 3.55. The number of nitrogens with zero attached hydrogens (tertiary/aromatic N) is 3. The van der Waals surface area contributed by atoms with Crippen LogP contribution in [-0.4, -0.2) is 20.9 Å². The molecule has 0 fully saturated rings. The normalized spacial score (nSPS) is 12.2. The minimum atomic E-state index is 0.0779. The van der Waals surface area contributed by atoms with Gasteiger partial charge in [-0.05, 0) is 18.7 Å². The first-order valence-electron chi connectivity index (χ1n) is 7.12. The molecule has 0 spiro atoms. The molecule has 0 amide bonds. The van der Waals surface area contributed by atoms with Gasteiger partial charge in [0.05, 0.1) is 11.4 Å². The first-order valence-corrected chi connectivity index (χ1v) is 8.00. The molecule has 3 heterocycles. The maximum atomic E-state index is 5.83. The van der Waals surface area contributed by atoms with Crippen LogP contribution in [0.1, 0.15) is 32.2 Å². The van der Waals surface area contributed by atoms with Crippen LogP contribution >= 0.6 is 11.3 Å². The fourth-order valence-electron chi connectivity index (χ4n) is 2.53. The molecule has 0 aliphatic carbocycles. The second-order valence-electron chi connectivity index (χ2n) is 6.18. The fourth-order valence-corrected chi connectivity index (χ4v) is 3.67. The zero-order chi connectivity index (χ0) is 15.0. The predicted molar refractivity (Wildman–Crippen MR) is 87.8 cm³/mol. The Hall–Kier alpha value is -1.72. The average molecular weight is 300 g/mol. The van der Waals surface area contributed by atoms with Crippen LogP contribution in [0.2, 0.25) is 0 Å². The molecule has 0 unspecified atom stereocenters. The van der Waals surface area contributed by atoms with E-state index in [2.05, 4.69) is 41.6 Å². The van der Waals surface area contributed by atoms with Gasteiger partial charge in [-0.2, -0.15) is 0 Å². The molecule has 21 heavy (non-hydrogen) atoms. The lowest BCUT2D eigenvalue weighted by molar-refractivity contribution is 0.561. The predicted octanol–water partition coefficient (Wildman–Crippen LogP) is 3.26. The summed E-state index contributed by atoms with van der Waals surface area (Å²) in [5.74, 6) is 0. The summed E-state index contributed by atoms with van der Waals surface area (Å²) in [7, 11) is 0. The SMILES string of the molecule is CC(C)(C)c1csc2nc(-c3cccnc3)c(CCN)n12. The van der Waals surface area contributed by atoms with E-state index in [0.717, 1.165) is 22.6 Å². The number of rotatable bonds is 3. The molecule has 0 aliphatic rings. The summed E-state index contributed by atoms with van der Waals surface area (Å²) in [5, 5.41) is 2.20. The fraction of sp³-hybridized carbons (Fsp3) is 0.375. The van der Waals surface area contributed by atoms with Crippen molar-refractivity contribution >= 4 is 16.3 Å². The zero-order valence-electron chi connectivity index (χ0n) is 12.6. The topological polar surface area (TPSA) is 56.2 Å². The highest BCUT2D eigenvalue weighted by atomic mass is 32.1. The number of fused-ring (bicyclic) bond motifs is 1. The first kappa shape index (κ1) is 14.2. The van der Waals surface area contributed by atoms with Crippen molar-refractivity contribution in [2.24, 2.45) is 5.73 Å². The molecule has 5 heteroatoms. The number of nitrogens with two attached hydrogens (primary N) is 1. The summed E-state index contributed by atoms with van der Waals surface area (Å²) < 4.78 is 2.28. The molecule has 3 rings (SSSR count). The largest absolute Gasteiger partial charge is 0.330 e. The molecule has 0 aliphatic heterocycles. The number of hydrogen-bond donors (Lipinski definition) is 1. The summed E-state index contributed by atoms with van der Waals surface area (Å²) in [6, 6.07) is 4.00. The lowest BCUT2D eigenvalue weighted by Crippen LogP contribution is -2.16. The molecule has 3 aromatic heterocycles. The van der Waals surface area contributed by atoms with Crippen LogP contribution in [0.15, 0.2) is 29.9 Å². The summed E-state index contributed by atoms with van der Waals surface area (Å²) >= 11 is 1.69. The molecule has 2 N–H and O–H groups in total. The standard InChI is InChI=1S/C16H20N4S/c1-16(2,3)13-10-21-15-19-14(11-5-4-8-18-9-11)12(6-7-17)20(13)15/h4-5,8-10H,6-7,17H2,1-3H3. The van der Waals surface area contributed by atoms with Gasteiger partial charge in [0.25, 0.3) is 0 Å². The van der Waals surface area contributed by atoms with Gasteiger partial charge in [-0.25, -0.2) is 4.98 Å². The van der Waals surface area contributed by atoms with Crippen molar-refractivity contribution in [1.82, 2.24) is 14.4 Å². The van der Waals surface area contributed by atoms with Gasteiger partial charge in [-0.3, -0.25) is 9.38 Å². The summed E-state index contributed by atoms with van der Waals surface area (Å²) in [6.07, 6.45) is 4.46. The Morgan fingerprint density at radius 1 is 1.33 bits per heavy atom. The van der Waals surface area contributed by atoms with E-state index in [0.29, 0.717) is 6.54 Å². The minimum Gasteiger partial charge on any atom is -0.330 e. The van der Waals surface area contributed by atoms with E-state index in [1.165, 1.54) is 11.4 Å². The van der Waals surface area contributed by atoms with E-state index >= 15 is 0 Å². The highest BCUT2D eigenvalue weighted by Gasteiger charge is 2.23. The summed E-state index contributed by atoms with van der Waals surface area (Å²) in [5.41, 5.74) is 10.4. The highest BCUT2D eigenvalue weighted by molar-refractivity contribution is 7.15. The number of imidazole rings is 1. The van der Waals surface area contributed by atoms with Crippen LogP contribution < -0.4 is 5.73 Å². The van der Waals surface area contributed by atoms with E-state index < -0.39 is 0 Å². The Morgan fingerprint density at radius 3 is 2.76 bits per heavy atom. The number of hydrogen-bond acceptors (Lipinski definition) is 4. The Labute approximate surface area is 128 Å². The van der Waals surface area contributed by atoms with E-state index in [1.807, 2.05) is 12.3 Å². The molecule has 4 nitrogen and oxygen atoms in total. The lowest BCUT2D eigenvalue weighted by Gasteiger charge is -2.18. The van der Waals surface area contributed by atoms with E-state index in [9.17, 15) is 0 Å². The molecule has 0 aromatic carbocycles. The third-order valence-electron chi connectivity index (χ3n) is 3.54. The van der Waals surface area contributed by atoms with Gasteiger partial charge in [0.1, 0.15) is 0 Å². The summed E-state index contributed by atoms with van der Waals surface area (Å²) in [6.45, 7) is 7.29. The number of thiazole rings is 1. The van der Waals surface area contributed by atoms with Gasteiger partial charge in [0.2, 0.25) is 0 Å². The quantitative estimate of drug-likeness (QED) is 0.807. The van der Waals surface area contributed by atoms with Gasteiger partial charge >= 0.3 is 0 Å². The van der Waals surface area contributed by atoms with Crippen LogP contribution in [0.3, 0.4) is 0 Å². The van der Waals surface area contributed by atoms with Crippen LogP contribution in [0.5, 0.6) is 0 Å². The Balaban J connectivity index is 2.27. The van der Waals surface area contributed by atoms with Crippen LogP contribution in [0.25, 0.3) is 16.2 Å². The Bertz CT molecular complexity index is 750. The van der Waals surface area contributed by atoms with E-state index in [-0.39, 0.29) is 5.41 Å². The van der Waals surface area contributed by atoms with E-state index in [1.54, 1.807) is 17.5 Å². The smallest absolute Gasteiger partial charge is 0.194 e. The maximum absolute atomic E-state index is 5.83.